The van der Waals surface area contributed by atoms with Crippen LogP contribution in [0.25, 0.3) is 0 Å². The van der Waals surface area contributed by atoms with Crippen molar-refractivity contribution in [3.05, 3.63) is 0 Å². The van der Waals surface area contributed by atoms with Gasteiger partial charge in [0.05, 0.1) is 0 Å². The summed E-state index contributed by atoms with van der Waals surface area (Å²) in [4.78, 5) is 32.6. The Morgan fingerprint density at radius 3 is 2.00 bits per heavy atom. The van der Waals surface area contributed by atoms with E-state index in [0.717, 1.165) is 25.7 Å². The molecule has 25 heavy (non-hydrogen) atoms. The standard InChI is InChI=1S/C17H31N3O2.CH2O2/c1-15(2)10-12(11-16(3,4)20-15)9-13(21)19-17(14(18)22)7-5-6-8-17;2-1-3/h12,20H,5-11H2,1-4H3,(H2,18,22)(H,19,21);1H,(H,2,3). The summed E-state index contributed by atoms with van der Waals surface area (Å²) >= 11 is 0. The zero-order chi connectivity index (χ0) is 19.3. The van der Waals surface area contributed by atoms with Gasteiger partial charge in [0.25, 0.3) is 6.47 Å². The molecule has 0 bridgehead atoms. The number of carbonyl (C=O) groups is 3. The van der Waals surface area contributed by atoms with Crippen LogP contribution >= 0.6 is 0 Å². The molecule has 2 aliphatic rings. The van der Waals surface area contributed by atoms with Crippen LogP contribution in [0.1, 0.15) is 72.6 Å². The lowest BCUT2D eigenvalue weighted by Crippen LogP contribution is -2.59. The second kappa shape index (κ2) is 8.17. The first-order chi connectivity index (χ1) is 11.5. The highest BCUT2D eigenvalue weighted by atomic mass is 16.3. The van der Waals surface area contributed by atoms with E-state index in [9.17, 15) is 9.59 Å². The van der Waals surface area contributed by atoms with Crippen LogP contribution in [0.15, 0.2) is 0 Å². The quantitative estimate of drug-likeness (QED) is 0.570. The molecule has 0 atom stereocenters. The summed E-state index contributed by atoms with van der Waals surface area (Å²) in [6, 6.07) is 0. The molecule has 1 saturated heterocycles. The Labute approximate surface area is 150 Å². The number of hydrogen-bond donors (Lipinski definition) is 4. The Bertz CT molecular complexity index is 481. The molecule has 1 aliphatic carbocycles. The van der Waals surface area contributed by atoms with Crippen molar-refractivity contribution in [1.82, 2.24) is 10.6 Å². The van der Waals surface area contributed by atoms with Crippen molar-refractivity contribution in [1.29, 1.82) is 0 Å². The first-order valence-corrected chi connectivity index (χ1v) is 8.93. The molecule has 0 aromatic heterocycles. The summed E-state index contributed by atoms with van der Waals surface area (Å²) < 4.78 is 0. The first kappa shape index (κ1) is 21.4. The van der Waals surface area contributed by atoms with E-state index in [1.165, 1.54) is 0 Å². The molecular weight excluding hydrogens is 322 g/mol. The predicted molar refractivity (Wildman–Crippen MR) is 95.9 cm³/mol. The molecule has 5 N–H and O–H groups in total. The van der Waals surface area contributed by atoms with Crippen molar-refractivity contribution in [3.63, 3.8) is 0 Å². The zero-order valence-corrected chi connectivity index (χ0v) is 15.9. The topological polar surface area (TPSA) is 122 Å². The highest BCUT2D eigenvalue weighted by Gasteiger charge is 2.42. The fourth-order valence-electron chi connectivity index (χ4n) is 4.67. The van der Waals surface area contributed by atoms with E-state index in [-0.39, 0.29) is 29.4 Å². The molecule has 2 fully saturated rings. The second-order valence-electron chi connectivity index (χ2n) is 8.68. The Morgan fingerprint density at radius 2 is 1.60 bits per heavy atom. The van der Waals surface area contributed by atoms with Gasteiger partial charge in [-0.1, -0.05) is 12.8 Å². The highest BCUT2D eigenvalue weighted by Crippen LogP contribution is 2.35. The SMILES string of the molecule is CC1(C)CC(CC(=O)NC2(C(N)=O)CCCC2)CC(C)(C)N1.O=CO. The summed E-state index contributed by atoms with van der Waals surface area (Å²) in [5.41, 5.74) is 4.80. The molecule has 2 rings (SSSR count). The van der Waals surface area contributed by atoms with Gasteiger partial charge in [0.15, 0.2) is 0 Å². The average Bonchev–Trinajstić information content (AvgIpc) is 2.85. The van der Waals surface area contributed by atoms with E-state index < -0.39 is 5.54 Å². The van der Waals surface area contributed by atoms with Gasteiger partial charge in [0, 0.05) is 17.5 Å². The average molecular weight is 355 g/mol. The van der Waals surface area contributed by atoms with E-state index in [1.807, 2.05) is 0 Å². The van der Waals surface area contributed by atoms with Crippen LogP contribution in [-0.4, -0.2) is 40.0 Å². The normalized spacial score (nSPS) is 23.8. The molecule has 2 amide bonds. The first-order valence-electron chi connectivity index (χ1n) is 8.93. The Kier molecular flexibility index (Phi) is 6.99. The maximum absolute atomic E-state index is 12.5. The van der Waals surface area contributed by atoms with E-state index in [4.69, 9.17) is 15.6 Å². The molecule has 0 aromatic carbocycles. The van der Waals surface area contributed by atoms with Crippen LogP contribution in [0.5, 0.6) is 0 Å². The summed E-state index contributed by atoms with van der Waals surface area (Å²) in [6.45, 7) is 8.47. The minimum atomic E-state index is -0.797. The zero-order valence-electron chi connectivity index (χ0n) is 15.9. The van der Waals surface area contributed by atoms with Gasteiger partial charge in [-0.25, -0.2) is 0 Å². The van der Waals surface area contributed by atoms with Gasteiger partial charge in [-0.05, 0) is 59.3 Å². The summed E-state index contributed by atoms with van der Waals surface area (Å²) in [6.07, 6.45) is 5.67. The highest BCUT2D eigenvalue weighted by molar-refractivity contribution is 5.90. The van der Waals surface area contributed by atoms with Crippen LogP contribution in [0, 0.1) is 5.92 Å². The molecule has 0 unspecified atom stereocenters. The number of carbonyl (C=O) groups excluding carboxylic acids is 2. The van der Waals surface area contributed by atoms with Crippen LogP contribution in [0.3, 0.4) is 0 Å². The molecule has 7 heteroatoms. The fraction of sp³-hybridized carbons (Fsp3) is 0.833. The van der Waals surface area contributed by atoms with Gasteiger partial charge < -0.3 is 21.5 Å². The predicted octanol–water partition coefficient (Wildman–Crippen LogP) is 1.55. The van der Waals surface area contributed by atoms with Crippen LogP contribution < -0.4 is 16.4 Å². The molecule has 0 radical (unpaired) electrons. The number of nitrogens with two attached hydrogens (primary N) is 1. The summed E-state index contributed by atoms with van der Waals surface area (Å²) in [5, 5.41) is 13.5. The van der Waals surface area contributed by atoms with Gasteiger partial charge >= 0.3 is 0 Å². The van der Waals surface area contributed by atoms with Crippen molar-refractivity contribution in [2.75, 3.05) is 0 Å². The van der Waals surface area contributed by atoms with Crippen molar-refractivity contribution >= 4 is 18.3 Å². The fourth-order valence-corrected chi connectivity index (χ4v) is 4.67. The lowest BCUT2D eigenvalue weighted by Gasteiger charge is -2.46. The Balaban J connectivity index is 0.000000970. The molecule has 7 nitrogen and oxygen atoms in total. The third kappa shape index (κ3) is 6.30. The number of piperidine rings is 1. The number of rotatable bonds is 4. The lowest BCUT2D eigenvalue weighted by atomic mass is 9.74. The molecular formula is C18H33N3O4. The van der Waals surface area contributed by atoms with E-state index >= 15 is 0 Å². The Morgan fingerprint density at radius 1 is 1.16 bits per heavy atom. The van der Waals surface area contributed by atoms with Crippen LogP contribution in [-0.2, 0) is 14.4 Å². The van der Waals surface area contributed by atoms with Crippen molar-refractivity contribution in [2.45, 2.75) is 89.3 Å². The summed E-state index contributed by atoms with van der Waals surface area (Å²) in [7, 11) is 0. The Hall–Kier alpha value is -1.63. The number of primary amides is 1. The van der Waals surface area contributed by atoms with Crippen molar-refractivity contribution in [3.8, 4) is 0 Å². The third-order valence-electron chi connectivity index (χ3n) is 5.06. The number of amides is 2. The van der Waals surface area contributed by atoms with Crippen LogP contribution in [0.2, 0.25) is 0 Å². The smallest absolute Gasteiger partial charge is 0.290 e. The second-order valence-corrected chi connectivity index (χ2v) is 8.68. The molecule has 0 spiro atoms. The van der Waals surface area contributed by atoms with Gasteiger partial charge in [0.2, 0.25) is 11.8 Å². The third-order valence-corrected chi connectivity index (χ3v) is 5.06. The molecule has 1 heterocycles. The van der Waals surface area contributed by atoms with Crippen LogP contribution in [0.4, 0.5) is 0 Å². The van der Waals surface area contributed by atoms with E-state index in [2.05, 4.69) is 38.3 Å². The molecule has 1 aliphatic heterocycles. The van der Waals surface area contributed by atoms with Crippen molar-refractivity contribution in [2.24, 2.45) is 11.7 Å². The van der Waals surface area contributed by atoms with Gasteiger partial charge in [-0.2, -0.15) is 0 Å². The molecule has 144 valence electrons. The van der Waals surface area contributed by atoms with E-state index in [1.54, 1.807) is 0 Å². The van der Waals surface area contributed by atoms with Crippen molar-refractivity contribution < 1.29 is 19.5 Å². The monoisotopic (exact) mass is 355 g/mol. The van der Waals surface area contributed by atoms with Gasteiger partial charge in [0.1, 0.15) is 5.54 Å². The molecule has 1 saturated carbocycles. The maximum Gasteiger partial charge on any atom is 0.290 e. The molecule has 0 aromatic rings. The maximum atomic E-state index is 12.5. The minimum Gasteiger partial charge on any atom is -0.483 e. The summed E-state index contributed by atoms with van der Waals surface area (Å²) in [5.74, 6) is -0.0823. The van der Waals surface area contributed by atoms with Gasteiger partial charge in [-0.3, -0.25) is 14.4 Å². The van der Waals surface area contributed by atoms with Gasteiger partial charge in [-0.15, -0.1) is 0 Å². The van der Waals surface area contributed by atoms with E-state index in [0.29, 0.717) is 25.2 Å². The number of carboxylic acid groups (broad SMARTS) is 1. The minimum absolute atomic E-state index is 0.0285. The number of hydrogen-bond acceptors (Lipinski definition) is 4. The lowest BCUT2D eigenvalue weighted by molar-refractivity contribution is -0.132. The largest absolute Gasteiger partial charge is 0.483 e. The number of nitrogens with one attached hydrogen (secondary N) is 2.